The predicted molar refractivity (Wildman–Crippen MR) is 85.7 cm³/mol. The highest BCUT2D eigenvalue weighted by molar-refractivity contribution is 5.49. The van der Waals surface area contributed by atoms with E-state index in [4.69, 9.17) is 4.74 Å². The zero-order chi connectivity index (χ0) is 14.4. The first-order valence-electron chi connectivity index (χ1n) is 7.80. The van der Waals surface area contributed by atoms with Crippen molar-refractivity contribution in [3.8, 4) is 5.75 Å². The molecule has 0 aromatic heterocycles. The first-order chi connectivity index (χ1) is 9.69. The van der Waals surface area contributed by atoms with Gasteiger partial charge in [-0.3, -0.25) is 4.90 Å². The van der Waals surface area contributed by atoms with Gasteiger partial charge in [0.2, 0.25) is 0 Å². The topological polar surface area (TPSA) is 15.7 Å². The molecule has 0 spiro atoms. The summed E-state index contributed by atoms with van der Waals surface area (Å²) in [7, 11) is 1.71. The van der Waals surface area contributed by atoms with E-state index < -0.39 is 0 Å². The Morgan fingerprint density at radius 2 is 1.70 bits per heavy atom. The molecule has 1 aliphatic heterocycles. The van der Waals surface area contributed by atoms with E-state index in [1.165, 1.54) is 38.2 Å². The zero-order valence-electron chi connectivity index (χ0n) is 13.1. The van der Waals surface area contributed by atoms with Crippen molar-refractivity contribution < 1.29 is 4.74 Å². The SMILES string of the molecule is COc1ccc(N2CCN(CCCC(C)C)CC2)cc1. The second-order valence-corrected chi connectivity index (χ2v) is 6.06. The Hall–Kier alpha value is -1.22. The summed E-state index contributed by atoms with van der Waals surface area (Å²) in [6.07, 6.45) is 2.68. The Labute approximate surface area is 123 Å². The van der Waals surface area contributed by atoms with E-state index in [0.29, 0.717) is 0 Å². The molecule has 0 unspecified atom stereocenters. The Morgan fingerprint density at radius 1 is 1.05 bits per heavy atom. The fraction of sp³-hybridized carbons (Fsp3) is 0.647. The summed E-state index contributed by atoms with van der Waals surface area (Å²) in [4.78, 5) is 5.07. The van der Waals surface area contributed by atoms with Gasteiger partial charge in [0, 0.05) is 31.9 Å². The number of hydrogen-bond donors (Lipinski definition) is 0. The van der Waals surface area contributed by atoms with Gasteiger partial charge >= 0.3 is 0 Å². The van der Waals surface area contributed by atoms with Gasteiger partial charge < -0.3 is 9.64 Å². The van der Waals surface area contributed by atoms with Crippen LogP contribution in [0, 0.1) is 5.92 Å². The maximum Gasteiger partial charge on any atom is 0.119 e. The van der Waals surface area contributed by atoms with E-state index in [1.807, 2.05) is 12.1 Å². The van der Waals surface area contributed by atoms with Gasteiger partial charge in [-0.2, -0.15) is 0 Å². The number of benzene rings is 1. The smallest absolute Gasteiger partial charge is 0.119 e. The minimum Gasteiger partial charge on any atom is -0.497 e. The normalized spacial score (nSPS) is 16.7. The van der Waals surface area contributed by atoms with Crippen LogP contribution in [0.25, 0.3) is 0 Å². The summed E-state index contributed by atoms with van der Waals surface area (Å²) in [5.41, 5.74) is 1.31. The molecule has 1 aromatic carbocycles. The lowest BCUT2D eigenvalue weighted by atomic mass is 10.1. The molecule has 0 saturated carbocycles. The molecule has 1 saturated heterocycles. The van der Waals surface area contributed by atoms with Crippen molar-refractivity contribution in [3.63, 3.8) is 0 Å². The third-order valence-corrected chi connectivity index (χ3v) is 4.07. The number of piperazine rings is 1. The third-order valence-electron chi connectivity index (χ3n) is 4.07. The van der Waals surface area contributed by atoms with Gasteiger partial charge in [0.1, 0.15) is 5.75 Å². The molecule has 112 valence electrons. The lowest BCUT2D eigenvalue weighted by molar-refractivity contribution is 0.248. The molecule has 20 heavy (non-hydrogen) atoms. The van der Waals surface area contributed by atoms with Crippen molar-refractivity contribution in [3.05, 3.63) is 24.3 Å². The van der Waals surface area contributed by atoms with Crippen molar-refractivity contribution in [1.29, 1.82) is 0 Å². The Morgan fingerprint density at radius 3 is 2.25 bits per heavy atom. The van der Waals surface area contributed by atoms with Crippen LogP contribution < -0.4 is 9.64 Å². The fourth-order valence-corrected chi connectivity index (χ4v) is 2.75. The monoisotopic (exact) mass is 276 g/mol. The summed E-state index contributed by atoms with van der Waals surface area (Å²) < 4.78 is 5.21. The maximum absolute atomic E-state index is 5.21. The van der Waals surface area contributed by atoms with Gasteiger partial charge in [-0.15, -0.1) is 0 Å². The summed E-state index contributed by atoms with van der Waals surface area (Å²) in [6, 6.07) is 8.41. The third kappa shape index (κ3) is 4.41. The van der Waals surface area contributed by atoms with Gasteiger partial charge in [-0.25, -0.2) is 0 Å². The molecule has 3 nitrogen and oxygen atoms in total. The molecule has 0 bridgehead atoms. The molecular weight excluding hydrogens is 248 g/mol. The quantitative estimate of drug-likeness (QED) is 0.793. The molecular formula is C17H28N2O. The molecule has 0 N–H and O–H groups in total. The van der Waals surface area contributed by atoms with Gasteiger partial charge in [-0.1, -0.05) is 13.8 Å². The summed E-state index contributed by atoms with van der Waals surface area (Å²) in [5, 5.41) is 0. The lowest BCUT2D eigenvalue weighted by Crippen LogP contribution is -2.46. The summed E-state index contributed by atoms with van der Waals surface area (Å²) >= 11 is 0. The van der Waals surface area contributed by atoms with Crippen molar-refractivity contribution in [2.24, 2.45) is 5.92 Å². The number of ether oxygens (including phenoxy) is 1. The fourth-order valence-electron chi connectivity index (χ4n) is 2.75. The second kappa shape index (κ2) is 7.53. The van der Waals surface area contributed by atoms with Gasteiger partial charge in [0.05, 0.1) is 7.11 Å². The number of rotatable bonds is 6. The maximum atomic E-state index is 5.21. The van der Waals surface area contributed by atoms with Crippen LogP contribution in [0.15, 0.2) is 24.3 Å². The van der Waals surface area contributed by atoms with E-state index in [2.05, 4.69) is 35.8 Å². The van der Waals surface area contributed by atoms with Crippen molar-refractivity contribution in [1.82, 2.24) is 4.90 Å². The van der Waals surface area contributed by atoms with E-state index >= 15 is 0 Å². The van der Waals surface area contributed by atoms with E-state index in [1.54, 1.807) is 7.11 Å². The van der Waals surface area contributed by atoms with Crippen molar-refractivity contribution in [2.45, 2.75) is 26.7 Å². The lowest BCUT2D eigenvalue weighted by Gasteiger charge is -2.36. The van der Waals surface area contributed by atoms with Gasteiger partial charge in [0.15, 0.2) is 0 Å². The van der Waals surface area contributed by atoms with Crippen LogP contribution in [0.5, 0.6) is 5.75 Å². The van der Waals surface area contributed by atoms with Gasteiger partial charge in [0.25, 0.3) is 0 Å². The average Bonchev–Trinajstić information content (AvgIpc) is 2.48. The van der Waals surface area contributed by atoms with Crippen LogP contribution >= 0.6 is 0 Å². The number of methoxy groups -OCH3 is 1. The first-order valence-corrected chi connectivity index (χ1v) is 7.80. The Bertz CT molecular complexity index is 380. The predicted octanol–water partition coefficient (Wildman–Crippen LogP) is 3.25. The molecule has 1 aromatic rings. The van der Waals surface area contributed by atoms with Gasteiger partial charge in [-0.05, 0) is 49.6 Å². The molecule has 0 aliphatic carbocycles. The summed E-state index contributed by atoms with van der Waals surface area (Å²) in [5.74, 6) is 1.76. The second-order valence-electron chi connectivity index (χ2n) is 6.06. The molecule has 1 fully saturated rings. The standard InChI is InChI=1S/C17H28N2O/c1-15(2)5-4-10-18-11-13-19(14-12-18)16-6-8-17(20-3)9-7-16/h6-9,15H,4-5,10-14H2,1-3H3. The molecule has 3 heteroatoms. The van der Waals surface area contributed by atoms with Crippen LogP contribution in [0.4, 0.5) is 5.69 Å². The van der Waals surface area contributed by atoms with Crippen LogP contribution in [-0.2, 0) is 0 Å². The minimum absolute atomic E-state index is 0.829. The highest BCUT2D eigenvalue weighted by Gasteiger charge is 2.16. The molecule has 0 atom stereocenters. The van der Waals surface area contributed by atoms with E-state index in [0.717, 1.165) is 24.8 Å². The number of hydrogen-bond acceptors (Lipinski definition) is 3. The van der Waals surface area contributed by atoms with E-state index in [-0.39, 0.29) is 0 Å². The largest absolute Gasteiger partial charge is 0.497 e. The molecule has 2 rings (SSSR count). The number of nitrogens with zero attached hydrogens (tertiary/aromatic N) is 2. The van der Waals surface area contributed by atoms with Crippen LogP contribution in [-0.4, -0.2) is 44.7 Å². The average molecular weight is 276 g/mol. The van der Waals surface area contributed by atoms with Crippen molar-refractivity contribution >= 4 is 5.69 Å². The Kier molecular flexibility index (Phi) is 5.72. The molecule has 0 amide bonds. The highest BCUT2D eigenvalue weighted by Crippen LogP contribution is 2.20. The van der Waals surface area contributed by atoms with Crippen LogP contribution in [0.3, 0.4) is 0 Å². The van der Waals surface area contributed by atoms with Crippen molar-refractivity contribution in [2.75, 3.05) is 44.7 Å². The number of anilines is 1. The zero-order valence-corrected chi connectivity index (χ0v) is 13.1. The summed E-state index contributed by atoms with van der Waals surface area (Å²) in [6.45, 7) is 10.5. The molecule has 1 aliphatic rings. The van der Waals surface area contributed by atoms with Crippen LogP contribution in [0.1, 0.15) is 26.7 Å². The van der Waals surface area contributed by atoms with Crippen LogP contribution in [0.2, 0.25) is 0 Å². The minimum atomic E-state index is 0.829. The first kappa shape index (κ1) is 15.2. The highest BCUT2D eigenvalue weighted by atomic mass is 16.5. The molecule has 0 radical (unpaired) electrons. The Balaban J connectivity index is 1.75. The molecule has 1 heterocycles. The van der Waals surface area contributed by atoms with E-state index in [9.17, 15) is 0 Å².